The molecule has 1 saturated heterocycles. The van der Waals surface area contributed by atoms with Gasteiger partial charge in [0.1, 0.15) is 12.7 Å². The van der Waals surface area contributed by atoms with Gasteiger partial charge in [0.05, 0.1) is 12.5 Å². The number of nitrogens with zero attached hydrogens (tertiary/aromatic N) is 5. The van der Waals surface area contributed by atoms with Crippen LogP contribution in [0.2, 0.25) is 0 Å². The second-order valence-electron chi connectivity index (χ2n) is 6.06. The fourth-order valence-corrected chi connectivity index (χ4v) is 2.81. The molecule has 2 rings (SSSR count). The average molecular weight is 294 g/mol. The van der Waals surface area contributed by atoms with Crippen LogP contribution in [-0.4, -0.2) is 77.3 Å². The average Bonchev–Trinajstić information content (AvgIpc) is 2.86. The first kappa shape index (κ1) is 15.9. The standard InChI is InChI=1S/C14H26N6O/c1-18(2)13-5-4-12(8-19(3)9-13)14(21)16-6-7-20-11-15-10-17-20/h10-13H,4-9H2,1-3H3,(H,16,21)/t12-,13+/m1/s1. The van der Waals surface area contributed by atoms with Gasteiger partial charge in [-0.2, -0.15) is 5.10 Å². The van der Waals surface area contributed by atoms with Gasteiger partial charge in [0, 0.05) is 25.7 Å². The molecule has 1 aliphatic heterocycles. The molecule has 1 aromatic heterocycles. The Balaban J connectivity index is 1.78. The lowest BCUT2D eigenvalue weighted by Gasteiger charge is -2.25. The highest BCUT2D eigenvalue weighted by Gasteiger charge is 2.27. The Kier molecular flexibility index (Phi) is 5.69. The third-order valence-corrected chi connectivity index (χ3v) is 4.11. The lowest BCUT2D eigenvalue weighted by molar-refractivity contribution is -0.125. The Bertz CT molecular complexity index is 433. The third kappa shape index (κ3) is 4.78. The number of nitrogens with one attached hydrogen (secondary N) is 1. The molecule has 0 aliphatic carbocycles. The molecule has 1 fully saturated rings. The Morgan fingerprint density at radius 2 is 2.19 bits per heavy atom. The predicted octanol–water partition coefficient (Wildman–Crippen LogP) is -0.334. The van der Waals surface area contributed by atoms with Crippen molar-refractivity contribution >= 4 is 5.91 Å². The van der Waals surface area contributed by atoms with Gasteiger partial charge in [0.15, 0.2) is 0 Å². The van der Waals surface area contributed by atoms with Gasteiger partial charge in [-0.15, -0.1) is 0 Å². The quantitative estimate of drug-likeness (QED) is 0.805. The summed E-state index contributed by atoms with van der Waals surface area (Å²) in [7, 11) is 6.31. The van der Waals surface area contributed by atoms with E-state index in [9.17, 15) is 4.79 Å². The topological polar surface area (TPSA) is 66.3 Å². The van der Waals surface area contributed by atoms with Gasteiger partial charge in [0.2, 0.25) is 5.91 Å². The number of rotatable bonds is 5. The maximum Gasteiger partial charge on any atom is 0.224 e. The molecule has 0 unspecified atom stereocenters. The molecule has 1 aromatic rings. The van der Waals surface area contributed by atoms with Crippen molar-refractivity contribution in [2.45, 2.75) is 25.4 Å². The minimum atomic E-state index is 0.0793. The highest BCUT2D eigenvalue weighted by molar-refractivity contribution is 5.78. The van der Waals surface area contributed by atoms with Crippen molar-refractivity contribution in [2.24, 2.45) is 5.92 Å². The zero-order valence-corrected chi connectivity index (χ0v) is 13.2. The molecule has 2 atom stereocenters. The smallest absolute Gasteiger partial charge is 0.224 e. The van der Waals surface area contributed by atoms with Crippen LogP contribution in [0.15, 0.2) is 12.7 Å². The van der Waals surface area contributed by atoms with E-state index in [0.717, 1.165) is 25.9 Å². The van der Waals surface area contributed by atoms with Crippen LogP contribution >= 0.6 is 0 Å². The van der Waals surface area contributed by atoms with Gasteiger partial charge in [-0.3, -0.25) is 9.48 Å². The number of aromatic nitrogens is 3. The van der Waals surface area contributed by atoms with E-state index >= 15 is 0 Å². The van der Waals surface area contributed by atoms with Crippen molar-refractivity contribution in [3.8, 4) is 0 Å². The summed E-state index contributed by atoms with van der Waals surface area (Å²) in [5.74, 6) is 0.233. The SMILES string of the molecule is CN1C[C@H](C(=O)NCCn2cncn2)CC[C@H](N(C)C)C1. The lowest BCUT2D eigenvalue weighted by atomic mass is 10.0. The van der Waals surface area contributed by atoms with Gasteiger partial charge >= 0.3 is 0 Å². The van der Waals surface area contributed by atoms with Gasteiger partial charge in [0.25, 0.3) is 0 Å². The molecule has 1 N–H and O–H groups in total. The number of hydrogen-bond acceptors (Lipinski definition) is 5. The second-order valence-corrected chi connectivity index (χ2v) is 6.06. The zero-order valence-electron chi connectivity index (χ0n) is 13.2. The van der Waals surface area contributed by atoms with E-state index in [0.29, 0.717) is 19.1 Å². The molecule has 7 nitrogen and oxygen atoms in total. The van der Waals surface area contributed by atoms with Gasteiger partial charge in [-0.1, -0.05) is 0 Å². The lowest BCUT2D eigenvalue weighted by Crippen LogP contribution is -2.39. The third-order valence-electron chi connectivity index (χ3n) is 4.11. The maximum absolute atomic E-state index is 12.3. The number of likely N-dealkylation sites (N-methyl/N-ethyl adjacent to an activating group) is 2. The minimum absolute atomic E-state index is 0.0793. The van der Waals surface area contributed by atoms with Crippen LogP contribution in [-0.2, 0) is 11.3 Å². The predicted molar refractivity (Wildman–Crippen MR) is 80.7 cm³/mol. The van der Waals surface area contributed by atoms with Crippen molar-refractivity contribution < 1.29 is 4.79 Å². The van der Waals surface area contributed by atoms with Crippen LogP contribution in [0, 0.1) is 5.92 Å². The van der Waals surface area contributed by atoms with E-state index in [1.165, 1.54) is 6.33 Å². The molecule has 0 saturated carbocycles. The van der Waals surface area contributed by atoms with Crippen LogP contribution in [0.25, 0.3) is 0 Å². The maximum atomic E-state index is 12.3. The second kappa shape index (κ2) is 7.51. The molecule has 118 valence electrons. The largest absolute Gasteiger partial charge is 0.354 e. The number of amides is 1. The highest BCUT2D eigenvalue weighted by atomic mass is 16.1. The molecule has 2 heterocycles. The normalized spacial score (nSPS) is 24.0. The molecule has 0 aromatic carbocycles. The molecule has 0 bridgehead atoms. The van der Waals surface area contributed by atoms with Crippen LogP contribution in [0.1, 0.15) is 12.8 Å². The number of carbonyl (C=O) groups is 1. The molecular formula is C14H26N6O. The van der Waals surface area contributed by atoms with Crippen molar-refractivity contribution in [1.29, 1.82) is 0 Å². The van der Waals surface area contributed by atoms with Crippen LogP contribution in [0.4, 0.5) is 0 Å². The van der Waals surface area contributed by atoms with Crippen molar-refractivity contribution in [3.05, 3.63) is 12.7 Å². The zero-order chi connectivity index (χ0) is 15.2. The summed E-state index contributed by atoms with van der Waals surface area (Å²) in [5.41, 5.74) is 0. The molecular weight excluding hydrogens is 268 g/mol. The molecule has 0 spiro atoms. The van der Waals surface area contributed by atoms with Crippen molar-refractivity contribution in [1.82, 2.24) is 29.9 Å². The minimum Gasteiger partial charge on any atom is -0.354 e. The Morgan fingerprint density at radius 1 is 1.38 bits per heavy atom. The number of hydrogen-bond donors (Lipinski definition) is 1. The summed E-state index contributed by atoms with van der Waals surface area (Å²) in [6.07, 6.45) is 5.18. The first-order chi connectivity index (χ1) is 10.1. The Labute approximate surface area is 126 Å². The number of likely N-dealkylation sites (tertiary alicyclic amines) is 1. The van der Waals surface area contributed by atoms with E-state index in [2.05, 4.69) is 46.3 Å². The van der Waals surface area contributed by atoms with Crippen LogP contribution in [0.3, 0.4) is 0 Å². The molecule has 0 radical (unpaired) electrons. The fraction of sp³-hybridized carbons (Fsp3) is 0.786. The molecule has 1 aliphatic rings. The van der Waals surface area contributed by atoms with E-state index in [4.69, 9.17) is 0 Å². The summed E-state index contributed by atoms with van der Waals surface area (Å²) >= 11 is 0. The highest BCUT2D eigenvalue weighted by Crippen LogP contribution is 2.18. The van der Waals surface area contributed by atoms with Crippen molar-refractivity contribution in [3.63, 3.8) is 0 Å². The van der Waals surface area contributed by atoms with Crippen LogP contribution < -0.4 is 5.32 Å². The first-order valence-electron chi connectivity index (χ1n) is 7.51. The van der Waals surface area contributed by atoms with Gasteiger partial charge in [-0.25, -0.2) is 4.98 Å². The monoisotopic (exact) mass is 294 g/mol. The first-order valence-corrected chi connectivity index (χ1v) is 7.51. The summed E-state index contributed by atoms with van der Waals surface area (Å²) in [4.78, 5) is 20.7. The summed E-state index contributed by atoms with van der Waals surface area (Å²) in [6, 6.07) is 0.531. The summed E-state index contributed by atoms with van der Waals surface area (Å²) in [5, 5.41) is 7.04. The van der Waals surface area contributed by atoms with E-state index < -0.39 is 0 Å². The molecule has 1 amide bonds. The summed E-state index contributed by atoms with van der Waals surface area (Å²) in [6.45, 7) is 3.11. The van der Waals surface area contributed by atoms with E-state index in [-0.39, 0.29) is 11.8 Å². The van der Waals surface area contributed by atoms with Crippen molar-refractivity contribution in [2.75, 3.05) is 40.8 Å². The van der Waals surface area contributed by atoms with E-state index in [1.807, 2.05) is 0 Å². The number of carbonyl (C=O) groups excluding carboxylic acids is 1. The van der Waals surface area contributed by atoms with Crippen LogP contribution in [0.5, 0.6) is 0 Å². The Morgan fingerprint density at radius 3 is 2.86 bits per heavy atom. The summed E-state index contributed by atoms with van der Waals surface area (Å²) < 4.78 is 1.72. The Hall–Kier alpha value is -1.47. The fourth-order valence-electron chi connectivity index (χ4n) is 2.81. The molecule has 7 heteroatoms. The van der Waals surface area contributed by atoms with Gasteiger partial charge < -0.3 is 15.1 Å². The van der Waals surface area contributed by atoms with E-state index in [1.54, 1.807) is 11.0 Å². The van der Waals surface area contributed by atoms with Gasteiger partial charge in [-0.05, 0) is 34.0 Å². The molecule has 21 heavy (non-hydrogen) atoms.